The van der Waals surface area contributed by atoms with Gasteiger partial charge in [0, 0.05) is 37.2 Å². The Labute approximate surface area is 217 Å². The third-order valence-electron chi connectivity index (χ3n) is 7.27. The second kappa shape index (κ2) is 13.2. The van der Waals surface area contributed by atoms with Crippen molar-refractivity contribution in [3.8, 4) is 5.75 Å². The summed E-state index contributed by atoms with van der Waals surface area (Å²) in [5, 5.41) is 13.5. The van der Waals surface area contributed by atoms with Crippen molar-refractivity contribution < 1.29 is 9.90 Å². The number of nitrogens with zero attached hydrogens (tertiary/aromatic N) is 1. The van der Waals surface area contributed by atoms with Crippen molar-refractivity contribution in [2.75, 3.05) is 7.05 Å². The molecular weight excluding hydrogens is 444 g/mol. The van der Waals surface area contributed by atoms with Gasteiger partial charge in [-0.15, -0.1) is 0 Å². The fraction of sp³-hybridized carbons (Fsp3) is 0.406. The summed E-state index contributed by atoms with van der Waals surface area (Å²) in [6, 6.07) is 14.1. The van der Waals surface area contributed by atoms with Crippen LogP contribution in [0, 0.1) is 12.8 Å². The van der Waals surface area contributed by atoms with Gasteiger partial charge in [0.25, 0.3) is 0 Å². The molecule has 1 fully saturated rings. The number of hydrogen-bond donors (Lipinski definition) is 2. The number of nitrogens with one attached hydrogen (secondary N) is 1. The Kier molecular flexibility index (Phi) is 9.98. The van der Waals surface area contributed by atoms with Gasteiger partial charge in [-0.2, -0.15) is 0 Å². The smallest absolute Gasteiger partial charge is 0.224 e. The van der Waals surface area contributed by atoms with E-state index in [1.165, 1.54) is 11.1 Å². The predicted octanol–water partition coefficient (Wildman–Crippen LogP) is 7.32. The zero-order valence-electron chi connectivity index (χ0n) is 22.3. The molecule has 1 aliphatic carbocycles. The van der Waals surface area contributed by atoms with E-state index < -0.39 is 0 Å². The summed E-state index contributed by atoms with van der Waals surface area (Å²) in [5.74, 6) is 0.487. The maximum Gasteiger partial charge on any atom is 0.224 e. The van der Waals surface area contributed by atoms with Gasteiger partial charge in [-0.25, -0.2) is 0 Å². The summed E-state index contributed by atoms with van der Waals surface area (Å²) in [6.07, 6.45) is 13.2. The van der Waals surface area contributed by atoms with E-state index in [2.05, 4.69) is 60.3 Å². The first kappa shape index (κ1) is 27.3. The van der Waals surface area contributed by atoms with Crippen molar-refractivity contribution in [2.45, 2.75) is 71.4 Å². The van der Waals surface area contributed by atoms with Gasteiger partial charge in [-0.3, -0.25) is 4.79 Å². The van der Waals surface area contributed by atoms with E-state index in [9.17, 15) is 9.90 Å². The lowest BCUT2D eigenvalue weighted by molar-refractivity contribution is -0.127. The lowest BCUT2D eigenvalue weighted by Crippen LogP contribution is -2.37. The number of aryl methyl sites for hydroxylation is 1. The van der Waals surface area contributed by atoms with Crippen LogP contribution in [0.1, 0.15) is 80.2 Å². The number of phenols is 1. The molecule has 0 saturated heterocycles. The second-order valence-corrected chi connectivity index (χ2v) is 10.1. The third kappa shape index (κ3) is 7.36. The number of rotatable bonds is 10. The standard InChI is InChI=1S/C32H42N2O2/c1-6-7-8-9-12-24(3)34(5)22-26-16-18-27(19-17-26)29-13-10-11-14-30(29)32(36)33-25(4)28-20-15-23(2)21-31(28)35/h6-9,15-21,25,29-30,35H,3,10-14,22H2,1-2,4-5H3,(H,33,36)/b7-6-,9-8?/t25?,29-,30?/m1/s1. The van der Waals surface area contributed by atoms with Gasteiger partial charge in [0.15, 0.2) is 0 Å². The molecule has 4 heteroatoms. The lowest BCUT2D eigenvalue weighted by atomic mass is 9.74. The minimum absolute atomic E-state index is 0.0500. The summed E-state index contributed by atoms with van der Waals surface area (Å²) in [6.45, 7) is 10.9. The quantitative estimate of drug-likeness (QED) is 0.346. The molecule has 4 nitrogen and oxygen atoms in total. The molecule has 0 spiro atoms. The first-order valence-corrected chi connectivity index (χ1v) is 13.2. The van der Waals surface area contributed by atoms with Crippen LogP contribution in [-0.4, -0.2) is 23.0 Å². The number of benzene rings is 2. The van der Waals surface area contributed by atoms with Crippen LogP contribution in [-0.2, 0) is 11.3 Å². The maximum absolute atomic E-state index is 13.3. The van der Waals surface area contributed by atoms with Gasteiger partial charge in [0.2, 0.25) is 5.91 Å². The highest BCUT2D eigenvalue weighted by Gasteiger charge is 2.32. The summed E-state index contributed by atoms with van der Waals surface area (Å²) >= 11 is 0. The van der Waals surface area contributed by atoms with Crippen LogP contribution in [0.4, 0.5) is 0 Å². The molecule has 2 unspecified atom stereocenters. The van der Waals surface area contributed by atoms with E-state index in [1.807, 2.05) is 45.1 Å². The monoisotopic (exact) mass is 486 g/mol. The number of carbonyl (C=O) groups excluding carboxylic acids is 1. The fourth-order valence-corrected chi connectivity index (χ4v) is 5.07. The molecule has 3 atom stereocenters. The molecule has 3 rings (SSSR count). The van der Waals surface area contributed by atoms with Crippen LogP contribution in [0.5, 0.6) is 5.75 Å². The van der Waals surface area contributed by atoms with Crippen LogP contribution in [0.25, 0.3) is 0 Å². The first-order chi connectivity index (χ1) is 17.3. The average Bonchev–Trinajstić information content (AvgIpc) is 2.86. The molecule has 2 N–H and O–H groups in total. The number of phenolic OH excluding ortho intramolecular Hbond substituents is 1. The van der Waals surface area contributed by atoms with E-state index in [-0.39, 0.29) is 29.5 Å². The van der Waals surface area contributed by atoms with Gasteiger partial charge < -0.3 is 15.3 Å². The SMILES string of the molecule is C=C(CC=C/C=C\C)N(C)Cc1ccc([C@H]2CCCCC2C(=O)NC(C)c2ccc(C)cc2O)cc1. The Morgan fingerprint density at radius 3 is 2.58 bits per heavy atom. The molecule has 1 amide bonds. The topological polar surface area (TPSA) is 52.6 Å². The van der Waals surface area contributed by atoms with Crippen molar-refractivity contribution >= 4 is 5.91 Å². The third-order valence-corrected chi connectivity index (χ3v) is 7.27. The Balaban J connectivity index is 1.63. The average molecular weight is 487 g/mol. The maximum atomic E-state index is 13.3. The number of aromatic hydroxyl groups is 1. The zero-order valence-corrected chi connectivity index (χ0v) is 22.3. The second-order valence-electron chi connectivity index (χ2n) is 10.1. The van der Waals surface area contributed by atoms with Crippen LogP contribution >= 0.6 is 0 Å². The molecule has 0 aliphatic heterocycles. The molecule has 0 heterocycles. The van der Waals surface area contributed by atoms with Gasteiger partial charge in [0.05, 0.1) is 6.04 Å². The predicted molar refractivity (Wildman–Crippen MR) is 150 cm³/mol. The molecule has 0 bridgehead atoms. The van der Waals surface area contributed by atoms with Gasteiger partial charge in [0.1, 0.15) is 5.75 Å². The normalized spacial score (nSPS) is 18.9. The number of carbonyl (C=O) groups is 1. The molecular formula is C32H42N2O2. The summed E-state index contributed by atoms with van der Waals surface area (Å²) in [5.41, 5.74) is 5.31. The Morgan fingerprint density at radius 2 is 1.89 bits per heavy atom. The molecule has 0 aromatic heterocycles. The minimum atomic E-state index is -0.237. The van der Waals surface area contributed by atoms with E-state index in [0.717, 1.165) is 55.5 Å². The Bertz CT molecular complexity index is 1080. The number of allylic oxidation sites excluding steroid dienone is 4. The molecule has 192 valence electrons. The van der Waals surface area contributed by atoms with E-state index in [0.29, 0.717) is 0 Å². The van der Waals surface area contributed by atoms with Crippen molar-refractivity contribution in [2.24, 2.45) is 5.92 Å². The van der Waals surface area contributed by atoms with Crippen LogP contribution in [0.15, 0.2) is 79.0 Å². The number of amides is 1. The molecule has 0 radical (unpaired) electrons. The minimum Gasteiger partial charge on any atom is -0.508 e. The van der Waals surface area contributed by atoms with Crippen molar-refractivity contribution in [3.63, 3.8) is 0 Å². The summed E-state index contributed by atoms with van der Waals surface area (Å²) < 4.78 is 0. The van der Waals surface area contributed by atoms with Crippen molar-refractivity contribution in [1.29, 1.82) is 0 Å². The summed E-state index contributed by atoms with van der Waals surface area (Å²) in [7, 11) is 2.08. The number of hydrogen-bond acceptors (Lipinski definition) is 3. The fourth-order valence-electron chi connectivity index (χ4n) is 5.07. The first-order valence-electron chi connectivity index (χ1n) is 13.2. The Morgan fingerprint density at radius 1 is 1.17 bits per heavy atom. The molecule has 1 saturated carbocycles. The lowest BCUT2D eigenvalue weighted by Gasteiger charge is -2.32. The summed E-state index contributed by atoms with van der Waals surface area (Å²) in [4.78, 5) is 15.5. The zero-order chi connectivity index (χ0) is 26.1. The van der Waals surface area contributed by atoms with E-state index in [4.69, 9.17) is 0 Å². The highest BCUT2D eigenvalue weighted by molar-refractivity contribution is 5.80. The van der Waals surface area contributed by atoms with Gasteiger partial charge >= 0.3 is 0 Å². The highest BCUT2D eigenvalue weighted by atomic mass is 16.3. The van der Waals surface area contributed by atoms with Crippen molar-refractivity contribution in [3.05, 3.63) is 101 Å². The van der Waals surface area contributed by atoms with E-state index >= 15 is 0 Å². The van der Waals surface area contributed by atoms with Gasteiger partial charge in [-0.05, 0) is 62.3 Å². The van der Waals surface area contributed by atoms with Crippen LogP contribution in [0.3, 0.4) is 0 Å². The molecule has 36 heavy (non-hydrogen) atoms. The van der Waals surface area contributed by atoms with Crippen molar-refractivity contribution in [1.82, 2.24) is 10.2 Å². The van der Waals surface area contributed by atoms with E-state index in [1.54, 1.807) is 6.07 Å². The molecule has 1 aliphatic rings. The highest BCUT2D eigenvalue weighted by Crippen LogP contribution is 2.38. The molecule has 2 aromatic carbocycles. The molecule has 2 aromatic rings. The Hall–Kier alpha value is -3.27. The van der Waals surface area contributed by atoms with Gasteiger partial charge in [-0.1, -0.05) is 80.1 Å². The largest absolute Gasteiger partial charge is 0.508 e. The van der Waals surface area contributed by atoms with Crippen LogP contribution in [0.2, 0.25) is 0 Å². The van der Waals surface area contributed by atoms with Crippen LogP contribution < -0.4 is 5.32 Å².